The molecule has 3 nitrogen and oxygen atoms in total. The van der Waals surface area contributed by atoms with Gasteiger partial charge in [0.2, 0.25) is 0 Å². The summed E-state index contributed by atoms with van der Waals surface area (Å²) in [6.45, 7) is 0. The average Bonchev–Trinajstić information content (AvgIpc) is 2.39. The number of methoxy groups -OCH3 is 2. The zero-order valence-electron chi connectivity index (χ0n) is 10.8. The maximum Gasteiger partial charge on any atom is 0.125 e. The van der Waals surface area contributed by atoms with Gasteiger partial charge in [0, 0.05) is 12.7 Å². The summed E-state index contributed by atoms with van der Waals surface area (Å²) >= 11 is 0. The van der Waals surface area contributed by atoms with Gasteiger partial charge in [-0.25, -0.2) is 4.39 Å². The Balaban J connectivity index is 2.46. The highest BCUT2D eigenvalue weighted by Crippen LogP contribution is 2.42. The van der Waals surface area contributed by atoms with Gasteiger partial charge in [0.15, 0.2) is 0 Å². The molecule has 4 heteroatoms. The monoisotopic (exact) mass is 254 g/mol. The Kier molecular flexibility index (Phi) is 3.88. The zero-order chi connectivity index (χ0) is 13.2. The van der Waals surface area contributed by atoms with Crippen molar-refractivity contribution in [3.8, 4) is 5.75 Å². The molecule has 1 N–H and O–H groups in total. The standard InChI is InChI=1S/C14H19FO3/c1-17-12-7-6-10(15)9-11(12)14(16)8-4-3-5-13(14)18-2/h6-7,9,13,16H,3-5,8H2,1-2H3. The first-order valence-corrected chi connectivity index (χ1v) is 6.21. The summed E-state index contributed by atoms with van der Waals surface area (Å²) in [6.07, 6.45) is 2.92. The van der Waals surface area contributed by atoms with Crippen molar-refractivity contribution >= 4 is 0 Å². The molecular formula is C14H19FO3. The fourth-order valence-corrected chi connectivity index (χ4v) is 2.76. The second-order valence-electron chi connectivity index (χ2n) is 4.74. The van der Waals surface area contributed by atoms with Crippen LogP contribution in [0.2, 0.25) is 0 Å². The summed E-state index contributed by atoms with van der Waals surface area (Å²) in [5.74, 6) is 0.127. The van der Waals surface area contributed by atoms with Crippen LogP contribution in [-0.4, -0.2) is 25.4 Å². The molecule has 1 aliphatic carbocycles. The van der Waals surface area contributed by atoms with Crippen molar-refractivity contribution in [3.05, 3.63) is 29.6 Å². The predicted molar refractivity (Wildman–Crippen MR) is 66.1 cm³/mol. The maximum atomic E-state index is 13.4. The highest BCUT2D eigenvalue weighted by atomic mass is 19.1. The zero-order valence-corrected chi connectivity index (χ0v) is 10.8. The van der Waals surface area contributed by atoms with Gasteiger partial charge in [0.05, 0.1) is 13.2 Å². The van der Waals surface area contributed by atoms with E-state index < -0.39 is 5.60 Å². The summed E-state index contributed by atoms with van der Waals surface area (Å²) in [4.78, 5) is 0. The lowest BCUT2D eigenvalue weighted by atomic mass is 9.77. The van der Waals surface area contributed by atoms with Gasteiger partial charge in [-0.1, -0.05) is 12.8 Å². The minimum absolute atomic E-state index is 0.318. The summed E-state index contributed by atoms with van der Waals surface area (Å²) in [7, 11) is 3.09. The van der Waals surface area contributed by atoms with E-state index >= 15 is 0 Å². The van der Waals surface area contributed by atoms with Gasteiger partial charge >= 0.3 is 0 Å². The van der Waals surface area contributed by atoms with E-state index in [2.05, 4.69) is 0 Å². The van der Waals surface area contributed by atoms with Crippen LogP contribution in [-0.2, 0) is 10.3 Å². The summed E-state index contributed by atoms with van der Waals surface area (Å²) in [6, 6.07) is 4.22. The minimum atomic E-state index is -1.17. The number of hydrogen-bond donors (Lipinski definition) is 1. The van der Waals surface area contributed by atoms with Gasteiger partial charge in [-0.3, -0.25) is 0 Å². The average molecular weight is 254 g/mol. The summed E-state index contributed by atoms with van der Waals surface area (Å²) < 4.78 is 24.0. The molecule has 1 aromatic rings. The molecule has 2 unspecified atom stereocenters. The van der Waals surface area contributed by atoms with E-state index in [0.29, 0.717) is 17.7 Å². The van der Waals surface area contributed by atoms with E-state index in [1.807, 2.05) is 0 Å². The Morgan fingerprint density at radius 3 is 2.78 bits per heavy atom. The van der Waals surface area contributed by atoms with Crippen LogP contribution in [0, 0.1) is 5.82 Å². The van der Waals surface area contributed by atoms with Gasteiger partial charge in [-0.05, 0) is 31.0 Å². The number of hydrogen-bond acceptors (Lipinski definition) is 3. The first kappa shape index (κ1) is 13.3. The Bertz CT molecular complexity index is 422. The number of benzene rings is 1. The molecular weight excluding hydrogens is 235 g/mol. The molecule has 1 fully saturated rings. The van der Waals surface area contributed by atoms with Crippen LogP contribution in [0.3, 0.4) is 0 Å². The van der Waals surface area contributed by atoms with Crippen molar-refractivity contribution in [2.45, 2.75) is 37.4 Å². The van der Waals surface area contributed by atoms with Crippen LogP contribution >= 0.6 is 0 Å². The third-order valence-electron chi connectivity index (χ3n) is 3.72. The lowest BCUT2D eigenvalue weighted by Gasteiger charge is -2.40. The Morgan fingerprint density at radius 2 is 2.11 bits per heavy atom. The topological polar surface area (TPSA) is 38.7 Å². The molecule has 0 spiro atoms. The van der Waals surface area contributed by atoms with Crippen molar-refractivity contribution in [3.63, 3.8) is 0 Å². The lowest BCUT2D eigenvalue weighted by Crippen LogP contribution is -2.43. The third kappa shape index (κ3) is 2.22. The van der Waals surface area contributed by atoms with Crippen molar-refractivity contribution in [1.29, 1.82) is 0 Å². The van der Waals surface area contributed by atoms with Crippen LogP contribution in [0.15, 0.2) is 18.2 Å². The quantitative estimate of drug-likeness (QED) is 0.901. The maximum absolute atomic E-state index is 13.4. The molecule has 1 saturated carbocycles. The van der Waals surface area contributed by atoms with Crippen molar-refractivity contribution in [2.24, 2.45) is 0 Å². The molecule has 2 rings (SSSR count). The molecule has 0 aromatic heterocycles. The predicted octanol–water partition coefficient (Wildman–Crippen LogP) is 2.61. The van der Waals surface area contributed by atoms with Gasteiger partial charge in [-0.15, -0.1) is 0 Å². The molecule has 18 heavy (non-hydrogen) atoms. The van der Waals surface area contributed by atoms with Gasteiger partial charge in [-0.2, -0.15) is 0 Å². The van der Waals surface area contributed by atoms with Crippen LogP contribution in [0.1, 0.15) is 31.2 Å². The molecule has 0 radical (unpaired) electrons. The molecule has 1 aromatic carbocycles. The van der Waals surface area contributed by atoms with Gasteiger partial charge in [0.25, 0.3) is 0 Å². The molecule has 0 amide bonds. The van der Waals surface area contributed by atoms with E-state index in [-0.39, 0.29) is 11.9 Å². The minimum Gasteiger partial charge on any atom is -0.496 e. The van der Waals surface area contributed by atoms with Crippen LogP contribution < -0.4 is 4.74 Å². The van der Waals surface area contributed by atoms with Crippen molar-refractivity contribution in [2.75, 3.05) is 14.2 Å². The highest BCUT2D eigenvalue weighted by Gasteiger charge is 2.42. The van der Waals surface area contributed by atoms with E-state index in [1.165, 1.54) is 19.2 Å². The number of halogens is 1. The number of rotatable bonds is 3. The first-order valence-electron chi connectivity index (χ1n) is 6.21. The van der Waals surface area contributed by atoms with Gasteiger partial charge in [0.1, 0.15) is 17.2 Å². The molecule has 0 bridgehead atoms. The molecule has 0 aliphatic heterocycles. The number of aliphatic hydroxyl groups is 1. The van der Waals surface area contributed by atoms with E-state index in [1.54, 1.807) is 13.2 Å². The fourth-order valence-electron chi connectivity index (χ4n) is 2.76. The fraction of sp³-hybridized carbons (Fsp3) is 0.571. The Labute approximate surface area is 107 Å². The first-order chi connectivity index (χ1) is 8.61. The highest BCUT2D eigenvalue weighted by molar-refractivity contribution is 5.39. The second kappa shape index (κ2) is 5.24. The second-order valence-corrected chi connectivity index (χ2v) is 4.74. The van der Waals surface area contributed by atoms with Crippen molar-refractivity contribution in [1.82, 2.24) is 0 Å². The lowest BCUT2D eigenvalue weighted by molar-refractivity contribution is -0.123. The molecule has 100 valence electrons. The smallest absolute Gasteiger partial charge is 0.125 e. The normalized spacial score (nSPS) is 28.1. The van der Waals surface area contributed by atoms with Crippen LogP contribution in [0.5, 0.6) is 5.75 Å². The molecule has 0 heterocycles. The SMILES string of the molecule is COc1ccc(F)cc1C1(O)CCCCC1OC. The van der Waals surface area contributed by atoms with E-state index in [0.717, 1.165) is 19.3 Å². The molecule has 2 atom stereocenters. The Hall–Kier alpha value is -1.13. The van der Waals surface area contributed by atoms with E-state index in [4.69, 9.17) is 9.47 Å². The summed E-state index contributed by atoms with van der Waals surface area (Å²) in [5.41, 5.74) is -0.683. The molecule has 0 saturated heterocycles. The number of ether oxygens (including phenoxy) is 2. The largest absolute Gasteiger partial charge is 0.496 e. The van der Waals surface area contributed by atoms with Crippen molar-refractivity contribution < 1.29 is 19.0 Å². The molecule has 1 aliphatic rings. The summed E-state index contributed by atoms with van der Waals surface area (Å²) in [5, 5.41) is 10.9. The third-order valence-corrected chi connectivity index (χ3v) is 3.72. The van der Waals surface area contributed by atoms with Gasteiger partial charge < -0.3 is 14.6 Å². The van der Waals surface area contributed by atoms with Crippen LogP contribution in [0.4, 0.5) is 4.39 Å². The van der Waals surface area contributed by atoms with Crippen LogP contribution in [0.25, 0.3) is 0 Å². The Morgan fingerprint density at radius 1 is 1.33 bits per heavy atom. The van der Waals surface area contributed by atoms with E-state index in [9.17, 15) is 9.50 Å².